The van der Waals surface area contributed by atoms with E-state index in [1.807, 2.05) is 29.8 Å². The SMILES string of the molecule is Cn1c(CCc2ccco2)nc2ccc(C(N)=O)cc21. The van der Waals surface area contributed by atoms with E-state index in [1.54, 1.807) is 18.4 Å². The predicted octanol–water partition coefficient (Wildman–Crippen LogP) is 2.05. The molecule has 102 valence electrons. The van der Waals surface area contributed by atoms with E-state index in [4.69, 9.17) is 10.2 Å². The fraction of sp³-hybridized carbons (Fsp3) is 0.200. The fourth-order valence-electron chi connectivity index (χ4n) is 2.31. The van der Waals surface area contributed by atoms with E-state index in [0.717, 1.165) is 35.5 Å². The molecule has 0 saturated heterocycles. The van der Waals surface area contributed by atoms with E-state index < -0.39 is 5.91 Å². The second-order valence-electron chi connectivity index (χ2n) is 4.73. The van der Waals surface area contributed by atoms with Gasteiger partial charge in [-0.15, -0.1) is 0 Å². The van der Waals surface area contributed by atoms with Crippen molar-refractivity contribution in [1.29, 1.82) is 0 Å². The molecule has 0 fully saturated rings. The summed E-state index contributed by atoms with van der Waals surface area (Å²) in [4.78, 5) is 15.8. The molecule has 20 heavy (non-hydrogen) atoms. The summed E-state index contributed by atoms with van der Waals surface area (Å²) < 4.78 is 7.31. The van der Waals surface area contributed by atoms with Crippen LogP contribution in [0.3, 0.4) is 0 Å². The number of aromatic nitrogens is 2. The largest absolute Gasteiger partial charge is 0.469 e. The molecule has 1 aromatic carbocycles. The molecular weight excluding hydrogens is 254 g/mol. The summed E-state index contributed by atoms with van der Waals surface area (Å²) in [6.07, 6.45) is 3.25. The normalized spacial score (nSPS) is 11.1. The number of primary amides is 1. The van der Waals surface area contributed by atoms with Crippen molar-refractivity contribution >= 4 is 16.9 Å². The number of carbonyl (C=O) groups excluding carboxylic acids is 1. The van der Waals surface area contributed by atoms with Crippen molar-refractivity contribution < 1.29 is 9.21 Å². The Bertz CT molecular complexity index is 757. The van der Waals surface area contributed by atoms with Crippen LogP contribution in [0.15, 0.2) is 41.0 Å². The number of furan rings is 1. The van der Waals surface area contributed by atoms with Crippen LogP contribution in [0, 0.1) is 0 Å². The molecule has 0 atom stereocenters. The molecule has 0 aliphatic heterocycles. The zero-order chi connectivity index (χ0) is 14.1. The van der Waals surface area contributed by atoms with Gasteiger partial charge in [0.25, 0.3) is 0 Å². The number of nitrogens with zero attached hydrogens (tertiary/aromatic N) is 2. The summed E-state index contributed by atoms with van der Waals surface area (Å²) in [6.45, 7) is 0. The van der Waals surface area contributed by atoms with Gasteiger partial charge in [-0.25, -0.2) is 4.98 Å². The van der Waals surface area contributed by atoms with Crippen molar-refractivity contribution in [1.82, 2.24) is 9.55 Å². The average Bonchev–Trinajstić information content (AvgIpc) is 3.05. The maximum Gasteiger partial charge on any atom is 0.248 e. The predicted molar refractivity (Wildman–Crippen MR) is 75.3 cm³/mol. The smallest absolute Gasteiger partial charge is 0.248 e. The van der Waals surface area contributed by atoms with Crippen molar-refractivity contribution in [3.63, 3.8) is 0 Å². The van der Waals surface area contributed by atoms with Crippen molar-refractivity contribution in [2.45, 2.75) is 12.8 Å². The Labute approximate surface area is 116 Å². The molecule has 5 nitrogen and oxygen atoms in total. The Hall–Kier alpha value is -2.56. The zero-order valence-electron chi connectivity index (χ0n) is 11.2. The molecule has 3 aromatic rings. The third-order valence-corrected chi connectivity index (χ3v) is 3.43. The Balaban J connectivity index is 1.92. The summed E-state index contributed by atoms with van der Waals surface area (Å²) in [6, 6.07) is 9.14. The van der Waals surface area contributed by atoms with Crippen molar-refractivity contribution in [2.24, 2.45) is 12.8 Å². The van der Waals surface area contributed by atoms with Crippen LogP contribution >= 0.6 is 0 Å². The number of aryl methyl sites for hydroxylation is 3. The molecule has 1 amide bonds. The van der Waals surface area contributed by atoms with Crippen LogP contribution in [0.4, 0.5) is 0 Å². The quantitative estimate of drug-likeness (QED) is 0.787. The van der Waals surface area contributed by atoms with E-state index in [2.05, 4.69) is 4.98 Å². The fourth-order valence-corrected chi connectivity index (χ4v) is 2.31. The minimum atomic E-state index is -0.426. The molecule has 0 aliphatic carbocycles. The highest BCUT2D eigenvalue weighted by Gasteiger charge is 2.10. The molecule has 3 rings (SSSR count). The summed E-state index contributed by atoms with van der Waals surface area (Å²) >= 11 is 0. The zero-order valence-corrected chi connectivity index (χ0v) is 11.2. The molecule has 5 heteroatoms. The minimum Gasteiger partial charge on any atom is -0.469 e. The third kappa shape index (κ3) is 2.18. The molecule has 2 aromatic heterocycles. The van der Waals surface area contributed by atoms with Crippen LogP contribution in [0.1, 0.15) is 21.9 Å². The maximum absolute atomic E-state index is 11.2. The van der Waals surface area contributed by atoms with Gasteiger partial charge in [0.15, 0.2) is 0 Å². The monoisotopic (exact) mass is 269 g/mol. The number of hydrogen-bond donors (Lipinski definition) is 1. The Morgan fingerprint density at radius 1 is 1.35 bits per heavy atom. The van der Waals surface area contributed by atoms with E-state index in [0.29, 0.717) is 5.56 Å². The lowest BCUT2D eigenvalue weighted by molar-refractivity contribution is 0.100. The van der Waals surface area contributed by atoms with Gasteiger partial charge in [-0.05, 0) is 30.3 Å². The summed E-state index contributed by atoms with van der Waals surface area (Å²) in [5.41, 5.74) is 7.58. The second-order valence-corrected chi connectivity index (χ2v) is 4.73. The molecule has 0 unspecified atom stereocenters. The first-order chi connectivity index (χ1) is 9.65. The topological polar surface area (TPSA) is 74.1 Å². The van der Waals surface area contributed by atoms with Crippen LogP contribution in [-0.2, 0) is 19.9 Å². The highest BCUT2D eigenvalue weighted by Crippen LogP contribution is 2.18. The molecule has 0 saturated carbocycles. The van der Waals surface area contributed by atoms with Gasteiger partial charge in [0.2, 0.25) is 5.91 Å². The van der Waals surface area contributed by atoms with E-state index in [9.17, 15) is 4.79 Å². The molecular formula is C15H15N3O2. The Morgan fingerprint density at radius 2 is 2.20 bits per heavy atom. The number of benzene rings is 1. The molecule has 2 N–H and O–H groups in total. The van der Waals surface area contributed by atoms with Gasteiger partial charge in [0, 0.05) is 25.5 Å². The van der Waals surface area contributed by atoms with Gasteiger partial charge in [-0.3, -0.25) is 4.79 Å². The average molecular weight is 269 g/mol. The molecule has 2 heterocycles. The van der Waals surface area contributed by atoms with Gasteiger partial charge in [0.1, 0.15) is 11.6 Å². The van der Waals surface area contributed by atoms with E-state index in [1.165, 1.54) is 0 Å². The number of nitrogens with two attached hydrogens (primary N) is 1. The Morgan fingerprint density at radius 3 is 2.90 bits per heavy atom. The first-order valence-corrected chi connectivity index (χ1v) is 6.42. The lowest BCUT2D eigenvalue weighted by atomic mass is 10.2. The van der Waals surface area contributed by atoms with E-state index >= 15 is 0 Å². The third-order valence-electron chi connectivity index (χ3n) is 3.43. The number of amides is 1. The molecule has 0 spiro atoms. The summed E-state index contributed by atoms with van der Waals surface area (Å²) in [5.74, 6) is 1.47. The first-order valence-electron chi connectivity index (χ1n) is 6.42. The van der Waals surface area contributed by atoms with Crippen LogP contribution in [0.2, 0.25) is 0 Å². The van der Waals surface area contributed by atoms with Crippen LogP contribution in [0.5, 0.6) is 0 Å². The Kier molecular flexibility index (Phi) is 3.02. The van der Waals surface area contributed by atoms with Gasteiger partial charge in [-0.1, -0.05) is 0 Å². The van der Waals surface area contributed by atoms with Crippen LogP contribution in [0.25, 0.3) is 11.0 Å². The van der Waals surface area contributed by atoms with Gasteiger partial charge in [-0.2, -0.15) is 0 Å². The number of fused-ring (bicyclic) bond motifs is 1. The van der Waals surface area contributed by atoms with Gasteiger partial charge in [0.05, 0.1) is 17.3 Å². The first kappa shape index (κ1) is 12.5. The maximum atomic E-state index is 11.2. The van der Waals surface area contributed by atoms with Crippen molar-refractivity contribution in [3.05, 3.63) is 53.7 Å². The molecule has 0 radical (unpaired) electrons. The van der Waals surface area contributed by atoms with Gasteiger partial charge < -0.3 is 14.7 Å². The highest BCUT2D eigenvalue weighted by atomic mass is 16.3. The number of rotatable bonds is 4. The highest BCUT2D eigenvalue weighted by molar-refractivity contribution is 5.96. The lowest BCUT2D eigenvalue weighted by Crippen LogP contribution is -2.10. The minimum absolute atomic E-state index is 0.426. The number of carbonyl (C=O) groups is 1. The van der Waals surface area contributed by atoms with E-state index in [-0.39, 0.29) is 0 Å². The second kappa shape index (κ2) is 4.85. The number of hydrogen-bond acceptors (Lipinski definition) is 3. The van der Waals surface area contributed by atoms with Crippen molar-refractivity contribution in [3.8, 4) is 0 Å². The molecule has 0 aliphatic rings. The summed E-state index contributed by atoms with van der Waals surface area (Å²) in [7, 11) is 1.94. The number of imidazole rings is 1. The lowest BCUT2D eigenvalue weighted by Gasteiger charge is -2.01. The van der Waals surface area contributed by atoms with Crippen LogP contribution < -0.4 is 5.73 Å². The van der Waals surface area contributed by atoms with Gasteiger partial charge >= 0.3 is 0 Å². The summed E-state index contributed by atoms with van der Waals surface area (Å²) in [5, 5.41) is 0. The van der Waals surface area contributed by atoms with Crippen molar-refractivity contribution in [2.75, 3.05) is 0 Å². The standard InChI is InChI=1S/C15H15N3O2/c1-18-13-9-10(15(16)19)4-6-12(13)17-14(18)7-5-11-3-2-8-20-11/h2-4,6,8-9H,5,7H2,1H3,(H2,16,19). The molecule has 0 bridgehead atoms. The van der Waals surface area contributed by atoms with Crippen LogP contribution in [-0.4, -0.2) is 15.5 Å².